The molecule has 1 aliphatic heterocycles. The molecule has 5 nitrogen and oxygen atoms in total. The molecule has 5 heteroatoms. The highest BCUT2D eigenvalue weighted by Crippen LogP contribution is 2.35. The molecule has 1 atom stereocenters. The van der Waals surface area contributed by atoms with Gasteiger partial charge in [0.05, 0.1) is 23.6 Å². The predicted octanol–water partition coefficient (Wildman–Crippen LogP) is 5.17. The van der Waals surface area contributed by atoms with Crippen LogP contribution in [0.4, 0.5) is 5.69 Å². The Bertz CT molecular complexity index is 1180. The zero-order valence-electron chi connectivity index (χ0n) is 15.9. The zero-order valence-corrected chi connectivity index (χ0v) is 15.9. The fraction of sp³-hybridized carbons (Fsp3) is 0.174. The highest BCUT2D eigenvalue weighted by atomic mass is 15.2. The number of pyridine rings is 1. The molecule has 0 fully saturated rings. The van der Waals surface area contributed by atoms with E-state index >= 15 is 0 Å². The van der Waals surface area contributed by atoms with Crippen molar-refractivity contribution in [3.63, 3.8) is 0 Å². The Hall–Kier alpha value is -3.47. The first-order valence-corrected chi connectivity index (χ1v) is 9.48. The summed E-state index contributed by atoms with van der Waals surface area (Å²) in [6, 6.07) is 19.2. The van der Waals surface area contributed by atoms with E-state index in [1.807, 2.05) is 31.6 Å². The highest BCUT2D eigenvalue weighted by molar-refractivity contribution is 5.95. The molecule has 0 saturated heterocycles. The molecule has 0 amide bonds. The Kier molecular flexibility index (Phi) is 3.93. The molecule has 0 bridgehead atoms. The third kappa shape index (κ3) is 2.85. The second kappa shape index (κ2) is 6.60. The summed E-state index contributed by atoms with van der Waals surface area (Å²) in [4.78, 5) is 11.3. The van der Waals surface area contributed by atoms with E-state index in [0.29, 0.717) is 0 Å². The van der Waals surface area contributed by atoms with Crippen molar-refractivity contribution in [3.05, 3.63) is 77.6 Å². The Morgan fingerprint density at radius 1 is 1.07 bits per heavy atom. The number of aromatic amines is 1. The van der Waals surface area contributed by atoms with Crippen LogP contribution in [0.2, 0.25) is 0 Å². The first kappa shape index (κ1) is 16.7. The lowest BCUT2D eigenvalue weighted by atomic mass is 10.0. The van der Waals surface area contributed by atoms with Gasteiger partial charge in [-0.15, -0.1) is 0 Å². The summed E-state index contributed by atoms with van der Waals surface area (Å²) >= 11 is 0. The van der Waals surface area contributed by atoms with Gasteiger partial charge in [-0.1, -0.05) is 30.3 Å². The van der Waals surface area contributed by atoms with Crippen LogP contribution in [0, 0.1) is 6.92 Å². The minimum Gasteiger partial charge on any atom is -0.351 e. The molecule has 4 aromatic rings. The Morgan fingerprint density at radius 2 is 1.93 bits per heavy atom. The van der Waals surface area contributed by atoms with Crippen molar-refractivity contribution in [3.8, 4) is 11.3 Å². The Labute approximate surface area is 163 Å². The summed E-state index contributed by atoms with van der Waals surface area (Å²) in [7, 11) is 0. The Balaban J connectivity index is 1.53. The van der Waals surface area contributed by atoms with Crippen molar-refractivity contribution in [2.75, 3.05) is 0 Å². The molecule has 5 rings (SSSR count). The van der Waals surface area contributed by atoms with Crippen LogP contribution >= 0.6 is 0 Å². The number of aromatic nitrogens is 3. The number of hydrogen-bond donors (Lipinski definition) is 1. The van der Waals surface area contributed by atoms with Crippen LogP contribution < -0.4 is 0 Å². The molecule has 2 aromatic heterocycles. The first-order chi connectivity index (χ1) is 13.7. The van der Waals surface area contributed by atoms with Gasteiger partial charge in [0.1, 0.15) is 5.69 Å². The van der Waals surface area contributed by atoms with Crippen LogP contribution in [0.5, 0.6) is 0 Å². The molecule has 0 aliphatic carbocycles. The maximum atomic E-state index is 4.71. The maximum Gasteiger partial charge on any atom is 0.100 e. The van der Waals surface area contributed by atoms with Gasteiger partial charge in [0.15, 0.2) is 0 Å². The van der Waals surface area contributed by atoms with Crippen molar-refractivity contribution in [2.45, 2.75) is 26.4 Å². The van der Waals surface area contributed by atoms with Crippen LogP contribution in [0.1, 0.15) is 29.8 Å². The van der Waals surface area contributed by atoms with E-state index in [1.54, 1.807) is 0 Å². The monoisotopic (exact) mass is 367 g/mol. The van der Waals surface area contributed by atoms with E-state index in [1.165, 1.54) is 11.1 Å². The smallest absolute Gasteiger partial charge is 0.100 e. The van der Waals surface area contributed by atoms with Gasteiger partial charge in [0.25, 0.3) is 0 Å². The van der Waals surface area contributed by atoms with Gasteiger partial charge in [0, 0.05) is 29.4 Å². The SMILES string of the molecule is Cc1cc(-c2n[nH]c3cc4c(cc23)CN([C@H](C)c2ccccc2)C=N4)ccn1. The fourth-order valence-corrected chi connectivity index (χ4v) is 3.79. The second-order valence-electron chi connectivity index (χ2n) is 7.29. The molecular formula is C23H21N5. The van der Waals surface area contributed by atoms with Crippen molar-refractivity contribution < 1.29 is 0 Å². The third-order valence-electron chi connectivity index (χ3n) is 5.41. The van der Waals surface area contributed by atoms with Crippen LogP contribution in [-0.4, -0.2) is 26.4 Å². The number of nitrogens with one attached hydrogen (secondary N) is 1. The molecule has 1 N–H and O–H groups in total. The summed E-state index contributed by atoms with van der Waals surface area (Å²) in [6.45, 7) is 5.04. The summed E-state index contributed by atoms with van der Waals surface area (Å²) in [6.07, 6.45) is 3.78. The molecule has 0 spiro atoms. The largest absolute Gasteiger partial charge is 0.351 e. The number of aryl methyl sites for hydroxylation is 1. The summed E-state index contributed by atoms with van der Waals surface area (Å²) in [5.41, 5.74) is 7.53. The standard InChI is InChI=1S/C23H21N5/c1-15-10-18(8-9-24-15)23-20-11-19-13-28(16(2)17-6-4-3-5-7-17)14-25-21(19)12-22(20)26-27-23/h3-12,14,16H,13H2,1-2H3,(H,26,27)/t16-/m1/s1. The number of benzene rings is 2. The minimum absolute atomic E-state index is 0.264. The number of rotatable bonds is 3. The highest BCUT2D eigenvalue weighted by Gasteiger charge is 2.20. The minimum atomic E-state index is 0.264. The van der Waals surface area contributed by atoms with Crippen LogP contribution in [0.15, 0.2) is 65.8 Å². The van der Waals surface area contributed by atoms with Gasteiger partial charge in [-0.05, 0) is 49.2 Å². The van der Waals surface area contributed by atoms with Crippen molar-refractivity contribution >= 4 is 22.9 Å². The molecule has 0 radical (unpaired) electrons. The predicted molar refractivity (Wildman–Crippen MR) is 113 cm³/mol. The van der Waals surface area contributed by atoms with Crippen molar-refractivity contribution in [1.82, 2.24) is 20.1 Å². The van der Waals surface area contributed by atoms with Gasteiger partial charge in [-0.25, -0.2) is 4.99 Å². The molecule has 28 heavy (non-hydrogen) atoms. The van der Waals surface area contributed by atoms with E-state index < -0.39 is 0 Å². The number of H-pyrrole nitrogens is 1. The lowest BCUT2D eigenvalue weighted by molar-refractivity contribution is 0.336. The van der Waals surface area contributed by atoms with Crippen LogP contribution in [0.25, 0.3) is 22.2 Å². The average Bonchev–Trinajstić information content (AvgIpc) is 3.14. The van der Waals surface area contributed by atoms with Gasteiger partial charge >= 0.3 is 0 Å². The topological polar surface area (TPSA) is 57.2 Å². The Morgan fingerprint density at radius 3 is 2.75 bits per heavy atom. The molecule has 3 heterocycles. The summed E-state index contributed by atoms with van der Waals surface area (Å²) < 4.78 is 0. The first-order valence-electron chi connectivity index (χ1n) is 9.48. The maximum absolute atomic E-state index is 4.71. The lowest BCUT2D eigenvalue weighted by Crippen LogP contribution is -2.27. The van der Waals surface area contributed by atoms with Gasteiger partial charge in [-0.3, -0.25) is 10.1 Å². The van der Waals surface area contributed by atoms with E-state index in [-0.39, 0.29) is 6.04 Å². The van der Waals surface area contributed by atoms with E-state index in [4.69, 9.17) is 4.99 Å². The molecule has 0 unspecified atom stereocenters. The number of hydrogen-bond acceptors (Lipinski definition) is 4. The fourth-order valence-electron chi connectivity index (χ4n) is 3.79. The molecule has 2 aromatic carbocycles. The van der Waals surface area contributed by atoms with E-state index in [2.05, 4.69) is 69.5 Å². The van der Waals surface area contributed by atoms with E-state index in [9.17, 15) is 0 Å². The second-order valence-corrected chi connectivity index (χ2v) is 7.29. The lowest BCUT2D eigenvalue weighted by Gasteiger charge is -2.30. The summed E-state index contributed by atoms with van der Waals surface area (Å²) in [5, 5.41) is 8.84. The number of aliphatic imine (C=N–C) groups is 1. The molecule has 138 valence electrons. The summed E-state index contributed by atoms with van der Waals surface area (Å²) in [5.74, 6) is 0. The normalized spacial score (nSPS) is 14.3. The average molecular weight is 367 g/mol. The molecule has 0 saturated carbocycles. The quantitative estimate of drug-likeness (QED) is 0.543. The van der Waals surface area contributed by atoms with Gasteiger partial charge in [0.2, 0.25) is 0 Å². The zero-order chi connectivity index (χ0) is 19.1. The molecular weight excluding hydrogens is 346 g/mol. The number of fused-ring (bicyclic) bond motifs is 2. The van der Waals surface area contributed by atoms with E-state index in [0.717, 1.165) is 40.1 Å². The van der Waals surface area contributed by atoms with Crippen molar-refractivity contribution in [2.24, 2.45) is 4.99 Å². The van der Waals surface area contributed by atoms with Crippen LogP contribution in [-0.2, 0) is 6.54 Å². The van der Waals surface area contributed by atoms with Gasteiger partial charge < -0.3 is 4.90 Å². The molecule has 1 aliphatic rings. The van der Waals surface area contributed by atoms with Crippen LogP contribution in [0.3, 0.4) is 0 Å². The van der Waals surface area contributed by atoms with Crippen molar-refractivity contribution in [1.29, 1.82) is 0 Å². The number of nitrogens with zero attached hydrogens (tertiary/aromatic N) is 4. The van der Waals surface area contributed by atoms with Gasteiger partial charge in [-0.2, -0.15) is 5.10 Å². The third-order valence-corrected chi connectivity index (χ3v) is 5.41.